The molecule has 1 aromatic rings. The van der Waals surface area contributed by atoms with Crippen LogP contribution >= 0.6 is 0 Å². The van der Waals surface area contributed by atoms with Crippen LogP contribution in [-0.2, 0) is 14.3 Å². The molecule has 6 nitrogen and oxygen atoms in total. The highest BCUT2D eigenvalue weighted by Gasteiger charge is 2.51. The molecule has 1 heterocycles. The number of anilines is 1. The number of carbonyl (C=O) groups excluding carboxylic acids is 2. The molecule has 7 heteroatoms. The fourth-order valence-electron chi connectivity index (χ4n) is 3.98. The number of amides is 1. The van der Waals surface area contributed by atoms with Crippen LogP contribution < -0.4 is 4.90 Å². The van der Waals surface area contributed by atoms with E-state index in [2.05, 4.69) is 6.08 Å². The van der Waals surface area contributed by atoms with Crippen LogP contribution in [0.5, 0.6) is 0 Å². The van der Waals surface area contributed by atoms with Gasteiger partial charge in [0.05, 0.1) is 12.2 Å². The molecule has 3 aliphatic rings. The van der Waals surface area contributed by atoms with Crippen molar-refractivity contribution in [2.24, 2.45) is 17.8 Å². The van der Waals surface area contributed by atoms with Crippen LogP contribution in [0.15, 0.2) is 24.3 Å². The molecule has 1 saturated carbocycles. The number of esters is 1. The van der Waals surface area contributed by atoms with E-state index in [0.717, 1.165) is 12.0 Å². The molecule has 1 aromatic carbocycles. The summed E-state index contributed by atoms with van der Waals surface area (Å²) < 4.78 is 24.6. The van der Waals surface area contributed by atoms with Crippen LogP contribution in [0.25, 0.3) is 5.57 Å². The highest BCUT2D eigenvalue weighted by Crippen LogP contribution is 2.57. The van der Waals surface area contributed by atoms with Crippen LogP contribution in [0.3, 0.4) is 0 Å². The van der Waals surface area contributed by atoms with Crippen molar-refractivity contribution in [1.82, 2.24) is 0 Å². The number of aliphatic hydroxyl groups excluding tert-OH is 1. The number of hydrogen-bond acceptors (Lipinski definition) is 5. The predicted octanol–water partition coefficient (Wildman–Crippen LogP) is 2.36. The molecule has 1 N–H and O–H groups in total. The molecule has 2 aliphatic carbocycles. The molecule has 1 amide bonds. The third kappa shape index (κ3) is 2.96. The van der Waals surface area contributed by atoms with E-state index in [1.807, 2.05) is 0 Å². The minimum atomic E-state index is -0.582. The maximum atomic E-state index is 14.6. The molecular formula is C19H20FNO5. The van der Waals surface area contributed by atoms with Gasteiger partial charge in [-0.15, -0.1) is 0 Å². The molecule has 0 aromatic heterocycles. The molecule has 138 valence electrons. The van der Waals surface area contributed by atoms with Crippen LogP contribution in [0, 0.1) is 23.6 Å². The first-order valence-electron chi connectivity index (χ1n) is 8.71. The Morgan fingerprint density at radius 1 is 1.46 bits per heavy atom. The van der Waals surface area contributed by atoms with E-state index >= 15 is 0 Å². The van der Waals surface area contributed by atoms with Crippen molar-refractivity contribution in [1.29, 1.82) is 0 Å². The van der Waals surface area contributed by atoms with Gasteiger partial charge in [-0.3, -0.25) is 9.69 Å². The van der Waals surface area contributed by atoms with E-state index in [1.54, 1.807) is 12.1 Å². The summed E-state index contributed by atoms with van der Waals surface area (Å²) in [5.41, 5.74) is 1.92. The highest BCUT2D eigenvalue weighted by molar-refractivity contribution is 5.90. The predicted molar refractivity (Wildman–Crippen MR) is 90.8 cm³/mol. The third-order valence-electron chi connectivity index (χ3n) is 5.41. The van der Waals surface area contributed by atoms with Gasteiger partial charge in [0.15, 0.2) is 6.10 Å². The van der Waals surface area contributed by atoms with Gasteiger partial charge in [0.2, 0.25) is 0 Å². The van der Waals surface area contributed by atoms with Crippen LogP contribution in [0.2, 0.25) is 0 Å². The number of cyclic esters (lactones) is 1. The Morgan fingerprint density at radius 2 is 2.27 bits per heavy atom. The smallest absolute Gasteiger partial charge is 0.414 e. The quantitative estimate of drug-likeness (QED) is 0.815. The number of carbonyl (C=O) groups is 2. The highest BCUT2D eigenvalue weighted by atomic mass is 19.1. The molecule has 4 rings (SSSR count). The Bertz CT molecular complexity index is 792. The average Bonchev–Trinajstić information content (AvgIpc) is 2.93. The van der Waals surface area contributed by atoms with Gasteiger partial charge >= 0.3 is 12.1 Å². The van der Waals surface area contributed by atoms with Gasteiger partial charge < -0.3 is 14.6 Å². The zero-order valence-corrected chi connectivity index (χ0v) is 14.4. The van der Waals surface area contributed by atoms with Crippen molar-refractivity contribution < 1.29 is 28.6 Å². The largest absolute Gasteiger partial charge is 0.462 e. The average molecular weight is 361 g/mol. The first kappa shape index (κ1) is 17.0. The fourth-order valence-corrected chi connectivity index (χ4v) is 3.98. The Hall–Kier alpha value is -2.41. The van der Waals surface area contributed by atoms with Gasteiger partial charge in [0, 0.05) is 19.1 Å². The van der Waals surface area contributed by atoms with Gasteiger partial charge in [-0.05, 0) is 47.9 Å². The number of allylic oxidation sites excluding steroid dienone is 2. The Morgan fingerprint density at radius 3 is 2.88 bits per heavy atom. The normalized spacial score (nSPS) is 29.3. The minimum absolute atomic E-state index is 0.0141. The molecular weight excluding hydrogens is 341 g/mol. The van der Waals surface area contributed by atoms with Gasteiger partial charge in [-0.25, -0.2) is 9.18 Å². The summed E-state index contributed by atoms with van der Waals surface area (Å²) in [4.78, 5) is 24.2. The van der Waals surface area contributed by atoms with E-state index < -0.39 is 18.2 Å². The lowest BCUT2D eigenvalue weighted by Gasteiger charge is -2.15. The summed E-state index contributed by atoms with van der Waals surface area (Å²) in [6.07, 6.45) is 1.70. The standard InChI is InChI=1S/C19H20FNO5/c1-10(23)25-9-13-7-21(19(24)26-13)12-2-3-14(18(20)6-12)11-4-15-16(5-11)17(15)8-22/h2-4,6,13,15-17,22H,5,7-9H2,1H3/t13-,15?,16?,17?/m1/s1. The molecule has 1 aliphatic heterocycles. The molecule has 0 bridgehead atoms. The second-order valence-corrected chi connectivity index (χ2v) is 7.07. The summed E-state index contributed by atoms with van der Waals surface area (Å²) in [7, 11) is 0. The molecule has 4 atom stereocenters. The van der Waals surface area contributed by atoms with Crippen molar-refractivity contribution in [3.8, 4) is 0 Å². The van der Waals surface area contributed by atoms with E-state index in [1.165, 1.54) is 17.9 Å². The topological polar surface area (TPSA) is 76.1 Å². The van der Waals surface area contributed by atoms with E-state index in [-0.39, 0.29) is 25.6 Å². The number of aliphatic hydroxyl groups is 1. The van der Waals surface area contributed by atoms with E-state index in [9.17, 15) is 19.1 Å². The number of fused-ring (bicyclic) bond motifs is 1. The number of ether oxygens (including phenoxy) is 2. The van der Waals surface area contributed by atoms with Crippen LogP contribution in [0.1, 0.15) is 18.9 Å². The summed E-state index contributed by atoms with van der Waals surface area (Å²) in [6.45, 7) is 1.66. The zero-order chi connectivity index (χ0) is 18.4. The summed E-state index contributed by atoms with van der Waals surface area (Å²) in [6, 6.07) is 4.71. The number of benzene rings is 1. The monoisotopic (exact) mass is 361 g/mol. The lowest BCUT2D eigenvalue weighted by atomic mass is 10.00. The minimum Gasteiger partial charge on any atom is -0.462 e. The second kappa shape index (κ2) is 6.39. The maximum absolute atomic E-state index is 14.6. The molecule has 26 heavy (non-hydrogen) atoms. The SMILES string of the molecule is CC(=O)OC[C@H]1CN(c2ccc(C3=CC4C(CO)C4C3)c(F)c2)C(=O)O1. The Balaban J connectivity index is 1.46. The first-order chi connectivity index (χ1) is 12.5. The molecule has 0 spiro atoms. The third-order valence-corrected chi connectivity index (χ3v) is 5.41. The van der Waals surface area contributed by atoms with Crippen molar-refractivity contribution in [3.05, 3.63) is 35.7 Å². The summed E-state index contributed by atoms with van der Waals surface area (Å²) >= 11 is 0. The van der Waals surface area contributed by atoms with Crippen molar-refractivity contribution in [2.75, 3.05) is 24.7 Å². The summed E-state index contributed by atoms with van der Waals surface area (Å²) in [5.74, 6) is 0.303. The van der Waals surface area contributed by atoms with Gasteiger partial charge in [-0.1, -0.05) is 6.08 Å². The number of rotatable bonds is 5. The summed E-state index contributed by atoms with van der Waals surface area (Å²) in [5, 5.41) is 9.22. The van der Waals surface area contributed by atoms with Gasteiger partial charge in [-0.2, -0.15) is 0 Å². The molecule has 0 radical (unpaired) electrons. The Kier molecular flexibility index (Phi) is 4.19. The maximum Gasteiger partial charge on any atom is 0.414 e. The van der Waals surface area contributed by atoms with E-state index in [4.69, 9.17) is 9.47 Å². The fraction of sp³-hybridized carbons (Fsp3) is 0.474. The number of nitrogens with zero attached hydrogens (tertiary/aromatic N) is 1. The lowest BCUT2D eigenvalue weighted by Crippen LogP contribution is -2.26. The van der Waals surface area contributed by atoms with Crippen molar-refractivity contribution in [2.45, 2.75) is 19.4 Å². The Labute approximate surface area is 150 Å². The number of halogens is 1. The van der Waals surface area contributed by atoms with Gasteiger partial charge in [0.1, 0.15) is 12.4 Å². The van der Waals surface area contributed by atoms with Gasteiger partial charge in [0.25, 0.3) is 0 Å². The molecule has 3 unspecified atom stereocenters. The zero-order valence-electron chi connectivity index (χ0n) is 14.4. The van der Waals surface area contributed by atoms with Crippen LogP contribution in [0.4, 0.5) is 14.9 Å². The lowest BCUT2D eigenvalue weighted by molar-refractivity contribution is -0.143. The van der Waals surface area contributed by atoms with Crippen molar-refractivity contribution in [3.63, 3.8) is 0 Å². The second-order valence-electron chi connectivity index (χ2n) is 7.07. The van der Waals surface area contributed by atoms with Crippen LogP contribution in [-0.4, -0.2) is 43.0 Å². The number of hydrogen-bond donors (Lipinski definition) is 1. The molecule has 2 fully saturated rings. The van der Waals surface area contributed by atoms with Crippen molar-refractivity contribution >= 4 is 23.3 Å². The first-order valence-corrected chi connectivity index (χ1v) is 8.71. The molecule has 1 saturated heterocycles. The van der Waals surface area contributed by atoms with E-state index in [0.29, 0.717) is 29.0 Å².